The fourth-order valence-electron chi connectivity index (χ4n) is 1.65. The normalized spacial score (nSPS) is 10.5. The van der Waals surface area contributed by atoms with Gasteiger partial charge in [-0.1, -0.05) is 41.0 Å². The van der Waals surface area contributed by atoms with Crippen LogP contribution < -0.4 is 10.1 Å². The van der Waals surface area contributed by atoms with Crippen molar-refractivity contribution in [2.45, 2.75) is 0 Å². The van der Waals surface area contributed by atoms with Gasteiger partial charge in [0.25, 0.3) is 5.91 Å². The third kappa shape index (κ3) is 4.50. The molecule has 6 heteroatoms. The maximum absolute atomic E-state index is 11.8. The summed E-state index contributed by atoms with van der Waals surface area (Å²) in [7, 11) is 0. The molecule has 0 fully saturated rings. The van der Waals surface area contributed by atoms with E-state index in [4.69, 9.17) is 21.5 Å². The Morgan fingerprint density at radius 3 is 2.86 bits per heavy atom. The zero-order chi connectivity index (χ0) is 15.1. The zero-order valence-electron chi connectivity index (χ0n) is 11.0. The quantitative estimate of drug-likeness (QED) is 0.506. The molecule has 0 saturated heterocycles. The molecule has 0 spiro atoms. The number of hydrogen-bond acceptors (Lipinski definition) is 4. The number of anilines is 1. The molecular weight excluding hydrogens is 292 g/mol. The van der Waals surface area contributed by atoms with Gasteiger partial charge in [-0.15, -0.1) is 0 Å². The molecule has 108 valence electrons. The maximum atomic E-state index is 11.8. The Labute approximate surface area is 126 Å². The average Bonchev–Trinajstić information content (AvgIpc) is 2.48. The molecule has 0 saturated carbocycles. The first kappa shape index (κ1) is 14.9. The Morgan fingerprint density at radius 1 is 1.29 bits per heavy atom. The number of amides is 1. The summed E-state index contributed by atoms with van der Waals surface area (Å²) in [4.78, 5) is 11.8. The smallest absolute Gasteiger partial charge is 0.262 e. The number of halogens is 1. The number of nitrogens with one attached hydrogen (secondary N) is 1. The van der Waals surface area contributed by atoms with E-state index in [9.17, 15) is 4.79 Å². The van der Waals surface area contributed by atoms with Crippen molar-refractivity contribution in [1.29, 1.82) is 0 Å². The molecule has 0 radical (unpaired) electrons. The van der Waals surface area contributed by atoms with Crippen molar-refractivity contribution in [3.63, 3.8) is 0 Å². The Kier molecular flexibility index (Phi) is 5.17. The van der Waals surface area contributed by atoms with Crippen LogP contribution in [0.5, 0.6) is 5.75 Å². The molecule has 0 atom stereocenters. The third-order valence-electron chi connectivity index (χ3n) is 2.58. The lowest BCUT2D eigenvalue weighted by molar-refractivity contribution is -0.118. The number of carbonyl (C=O) groups is 1. The monoisotopic (exact) mass is 304 g/mol. The second kappa shape index (κ2) is 7.31. The number of nitrogens with zero attached hydrogens (tertiary/aromatic N) is 1. The van der Waals surface area contributed by atoms with Crippen molar-refractivity contribution < 1.29 is 14.7 Å². The molecule has 0 heterocycles. The highest BCUT2D eigenvalue weighted by Gasteiger charge is 2.06. The van der Waals surface area contributed by atoms with Crippen LogP contribution in [0.2, 0.25) is 5.02 Å². The van der Waals surface area contributed by atoms with E-state index in [0.717, 1.165) is 0 Å². The van der Waals surface area contributed by atoms with Crippen LogP contribution in [0.25, 0.3) is 0 Å². The molecule has 0 aliphatic heterocycles. The van der Waals surface area contributed by atoms with E-state index in [0.29, 0.717) is 22.0 Å². The van der Waals surface area contributed by atoms with Gasteiger partial charge in [-0.3, -0.25) is 4.79 Å². The molecule has 2 rings (SSSR count). The van der Waals surface area contributed by atoms with Gasteiger partial charge in [0.05, 0.1) is 16.9 Å². The first-order valence-corrected chi connectivity index (χ1v) is 6.51. The summed E-state index contributed by atoms with van der Waals surface area (Å²) in [5.74, 6) is 0.186. The van der Waals surface area contributed by atoms with E-state index in [1.165, 1.54) is 6.21 Å². The number of rotatable bonds is 5. The summed E-state index contributed by atoms with van der Waals surface area (Å²) >= 11 is 5.95. The average molecular weight is 305 g/mol. The summed E-state index contributed by atoms with van der Waals surface area (Å²) < 4.78 is 5.37. The number of carbonyl (C=O) groups excluding carboxylic acids is 1. The lowest BCUT2D eigenvalue weighted by atomic mass is 10.2. The largest absolute Gasteiger partial charge is 0.484 e. The summed E-state index contributed by atoms with van der Waals surface area (Å²) in [5, 5.41) is 14.5. The highest BCUT2D eigenvalue weighted by molar-refractivity contribution is 6.33. The van der Waals surface area contributed by atoms with E-state index in [-0.39, 0.29) is 12.5 Å². The van der Waals surface area contributed by atoms with Crippen LogP contribution in [0.15, 0.2) is 53.7 Å². The molecule has 0 bridgehead atoms. The molecule has 0 aliphatic rings. The zero-order valence-corrected chi connectivity index (χ0v) is 11.7. The number of hydrogen-bond donors (Lipinski definition) is 2. The van der Waals surface area contributed by atoms with Crippen molar-refractivity contribution in [2.24, 2.45) is 5.16 Å². The molecular formula is C15H13ClN2O3. The first-order valence-electron chi connectivity index (χ1n) is 6.14. The van der Waals surface area contributed by atoms with Gasteiger partial charge in [0, 0.05) is 0 Å². The van der Waals surface area contributed by atoms with Gasteiger partial charge in [0.1, 0.15) is 5.75 Å². The van der Waals surface area contributed by atoms with Crippen LogP contribution >= 0.6 is 11.6 Å². The first-order chi connectivity index (χ1) is 10.2. The van der Waals surface area contributed by atoms with E-state index in [2.05, 4.69) is 10.5 Å². The lowest BCUT2D eigenvalue weighted by Gasteiger charge is -2.09. The Hall–Kier alpha value is -2.53. The third-order valence-corrected chi connectivity index (χ3v) is 2.91. The lowest BCUT2D eigenvalue weighted by Crippen LogP contribution is -2.20. The minimum absolute atomic E-state index is 0.148. The second-order valence-corrected chi connectivity index (χ2v) is 4.54. The van der Waals surface area contributed by atoms with Crippen LogP contribution in [0.3, 0.4) is 0 Å². The van der Waals surface area contributed by atoms with Gasteiger partial charge >= 0.3 is 0 Å². The molecule has 21 heavy (non-hydrogen) atoms. The Morgan fingerprint density at radius 2 is 2.10 bits per heavy atom. The molecule has 0 unspecified atom stereocenters. The van der Waals surface area contributed by atoms with E-state index in [1.807, 2.05) is 0 Å². The summed E-state index contributed by atoms with van der Waals surface area (Å²) in [6.45, 7) is -0.148. The van der Waals surface area contributed by atoms with E-state index < -0.39 is 0 Å². The number of ether oxygens (including phenoxy) is 1. The summed E-state index contributed by atoms with van der Waals surface area (Å²) in [5.41, 5.74) is 1.20. The van der Waals surface area contributed by atoms with Crippen LogP contribution in [0, 0.1) is 0 Å². The van der Waals surface area contributed by atoms with Crippen molar-refractivity contribution in [1.82, 2.24) is 0 Å². The minimum Gasteiger partial charge on any atom is -0.484 e. The highest BCUT2D eigenvalue weighted by Crippen LogP contribution is 2.20. The van der Waals surface area contributed by atoms with Crippen molar-refractivity contribution in [3.8, 4) is 5.75 Å². The summed E-state index contributed by atoms with van der Waals surface area (Å²) in [6, 6.07) is 13.8. The van der Waals surface area contributed by atoms with Crippen LogP contribution in [-0.4, -0.2) is 23.9 Å². The predicted octanol–water partition coefficient (Wildman–Crippen LogP) is 3.17. The Bertz CT molecular complexity index is 659. The van der Waals surface area contributed by atoms with Crippen molar-refractivity contribution >= 4 is 29.4 Å². The highest BCUT2D eigenvalue weighted by atomic mass is 35.5. The van der Waals surface area contributed by atoms with Crippen LogP contribution in [-0.2, 0) is 4.79 Å². The Balaban J connectivity index is 1.92. The molecule has 5 nitrogen and oxygen atoms in total. The second-order valence-electron chi connectivity index (χ2n) is 4.13. The predicted molar refractivity (Wildman–Crippen MR) is 81.4 cm³/mol. The summed E-state index contributed by atoms with van der Waals surface area (Å²) in [6.07, 6.45) is 1.27. The van der Waals surface area contributed by atoms with Gasteiger partial charge < -0.3 is 15.3 Å². The van der Waals surface area contributed by atoms with E-state index in [1.54, 1.807) is 48.5 Å². The van der Waals surface area contributed by atoms with Gasteiger partial charge in [0.2, 0.25) is 0 Å². The topological polar surface area (TPSA) is 70.9 Å². The number of oxime groups is 1. The van der Waals surface area contributed by atoms with Crippen molar-refractivity contribution in [2.75, 3.05) is 11.9 Å². The van der Waals surface area contributed by atoms with Crippen LogP contribution in [0.4, 0.5) is 5.69 Å². The molecule has 2 N–H and O–H groups in total. The molecule has 1 amide bonds. The number of para-hydroxylation sites is 1. The molecule has 0 aromatic heterocycles. The van der Waals surface area contributed by atoms with Gasteiger partial charge in [0.15, 0.2) is 6.61 Å². The molecule has 2 aromatic carbocycles. The maximum Gasteiger partial charge on any atom is 0.262 e. The van der Waals surface area contributed by atoms with Crippen LogP contribution in [0.1, 0.15) is 5.56 Å². The SMILES string of the molecule is O=C(COc1cccc(/C=N/O)c1)Nc1ccccc1Cl. The van der Waals surface area contributed by atoms with E-state index >= 15 is 0 Å². The standard InChI is InChI=1S/C15H13ClN2O3/c16-13-6-1-2-7-14(13)18-15(19)10-21-12-5-3-4-11(8-12)9-17-20/h1-9,20H,10H2,(H,18,19)/b17-9+. The van der Waals surface area contributed by atoms with Gasteiger partial charge in [-0.2, -0.15) is 0 Å². The fraction of sp³-hybridized carbons (Fsp3) is 0.0667. The molecule has 0 aliphatic carbocycles. The fourth-order valence-corrected chi connectivity index (χ4v) is 1.83. The number of benzene rings is 2. The van der Waals surface area contributed by atoms with Crippen molar-refractivity contribution in [3.05, 3.63) is 59.1 Å². The minimum atomic E-state index is -0.315. The van der Waals surface area contributed by atoms with Gasteiger partial charge in [-0.25, -0.2) is 0 Å². The van der Waals surface area contributed by atoms with Gasteiger partial charge in [-0.05, 0) is 29.8 Å². The molecule has 2 aromatic rings.